The summed E-state index contributed by atoms with van der Waals surface area (Å²) in [6.45, 7) is 1.80. The number of carbonyl (C=O) groups excluding carboxylic acids is 1. The number of aryl methyl sites for hydroxylation is 1. The van der Waals surface area contributed by atoms with Crippen LogP contribution in [0.15, 0.2) is 4.42 Å². The highest BCUT2D eigenvalue weighted by Gasteiger charge is 2.25. The van der Waals surface area contributed by atoms with E-state index in [0.717, 1.165) is 37.9 Å². The lowest BCUT2D eigenvalue weighted by atomic mass is 9.83. The first-order chi connectivity index (χ1) is 6.79. The molecule has 14 heavy (non-hydrogen) atoms. The van der Waals surface area contributed by atoms with Gasteiger partial charge < -0.3 is 9.21 Å². The molecule has 4 heteroatoms. The Morgan fingerprint density at radius 2 is 2.00 bits per heavy atom. The zero-order valence-corrected chi connectivity index (χ0v) is 8.27. The van der Waals surface area contributed by atoms with Crippen molar-refractivity contribution in [2.24, 2.45) is 5.92 Å². The largest absolute Gasteiger partial charge is 0.425 e. The molecule has 0 amide bonds. The number of aldehydes is 1. The number of hydrogen-bond donors (Lipinski definition) is 0. The highest BCUT2D eigenvalue weighted by Crippen LogP contribution is 2.34. The monoisotopic (exact) mass is 194 g/mol. The summed E-state index contributed by atoms with van der Waals surface area (Å²) in [6, 6.07) is 0. The van der Waals surface area contributed by atoms with Crippen molar-refractivity contribution in [2.75, 3.05) is 0 Å². The second kappa shape index (κ2) is 3.90. The zero-order chi connectivity index (χ0) is 9.97. The molecule has 0 spiro atoms. The number of hydrogen-bond acceptors (Lipinski definition) is 4. The summed E-state index contributed by atoms with van der Waals surface area (Å²) >= 11 is 0. The van der Waals surface area contributed by atoms with Crippen LogP contribution < -0.4 is 0 Å². The van der Waals surface area contributed by atoms with Crippen molar-refractivity contribution >= 4 is 6.29 Å². The smallest absolute Gasteiger partial charge is 0.219 e. The molecule has 0 aliphatic heterocycles. The number of rotatable bonds is 2. The molecule has 0 unspecified atom stereocenters. The minimum Gasteiger partial charge on any atom is -0.425 e. The van der Waals surface area contributed by atoms with Gasteiger partial charge in [0, 0.05) is 18.8 Å². The molecule has 0 aromatic carbocycles. The van der Waals surface area contributed by atoms with Crippen molar-refractivity contribution in [3.63, 3.8) is 0 Å². The summed E-state index contributed by atoms with van der Waals surface area (Å²) in [4.78, 5) is 10.6. The molecule has 0 N–H and O–H groups in total. The van der Waals surface area contributed by atoms with E-state index < -0.39 is 0 Å². The second-order valence-corrected chi connectivity index (χ2v) is 3.91. The van der Waals surface area contributed by atoms with E-state index in [1.54, 1.807) is 6.92 Å². The van der Waals surface area contributed by atoms with Crippen LogP contribution in [-0.4, -0.2) is 16.5 Å². The molecule has 1 fully saturated rings. The predicted octanol–water partition coefficient (Wildman–Crippen LogP) is 1.85. The highest BCUT2D eigenvalue weighted by molar-refractivity contribution is 5.53. The average molecular weight is 194 g/mol. The molecule has 1 aliphatic carbocycles. The predicted molar refractivity (Wildman–Crippen MR) is 49.8 cm³/mol. The van der Waals surface area contributed by atoms with Crippen molar-refractivity contribution in [1.29, 1.82) is 0 Å². The van der Waals surface area contributed by atoms with Gasteiger partial charge in [-0.3, -0.25) is 0 Å². The molecule has 1 saturated carbocycles. The van der Waals surface area contributed by atoms with Gasteiger partial charge in [0.1, 0.15) is 6.29 Å². The SMILES string of the molecule is Cc1nnc(C2CCC(C=O)CC2)o1. The summed E-state index contributed by atoms with van der Waals surface area (Å²) in [5, 5.41) is 7.83. The van der Waals surface area contributed by atoms with Gasteiger partial charge in [-0.2, -0.15) is 0 Å². The third-order valence-electron chi connectivity index (χ3n) is 2.86. The van der Waals surface area contributed by atoms with Gasteiger partial charge in [0.15, 0.2) is 0 Å². The Kier molecular flexibility index (Phi) is 2.61. The quantitative estimate of drug-likeness (QED) is 0.674. The fourth-order valence-corrected chi connectivity index (χ4v) is 1.98. The maximum absolute atomic E-state index is 10.6. The van der Waals surface area contributed by atoms with Gasteiger partial charge in [-0.05, 0) is 25.7 Å². The van der Waals surface area contributed by atoms with Crippen LogP contribution in [0.2, 0.25) is 0 Å². The normalized spacial score (nSPS) is 27.5. The van der Waals surface area contributed by atoms with Crippen LogP contribution in [0.1, 0.15) is 43.4 Å². The molecule has 1 aromatic heterocycles. The van der Waals surface area contributed by atoms with E-state index in [4.69, 9.17) is 4.42 Å². The minimum atomic E-state index is 0.246. The topological polar surface area (TPSA) is 56.0 Å². The average Bonchev–Trinajstić information content (AvgIpc) is 2.65. The van der Waals surface area contributed by atoms with E-state index in [1.165, 1.54) is 0 Å². The van der Waals surface area contributed by atoms with Crippen molar-refractivity contribution in [3.8, 4) is 0 Å². The van der Waals surface area contributed by atoms with E-state index in [-0.39, 0.29) is 5.92 Å². The van der Waals surface area contributed by atoms with E-state index in [2.05, 4.69) is 10.2 Å². The Balaban J connectivity index is 1.98. The molecule has 2 rings (SSSR count). The Labute approximate surface area is 82.7 Å². The van der Waals surface area contributed by atoms with E-state index in [0.29, 0.717) is 11.8 Å². The van der Waals surface area contributed by atoms with Gasteiger partial charge in [0.2, 0.25) is 11.8 Å². The molecule has 1 aliphatic rings. The van der Waals surface area contributed by atoms with E-state index in [1.807, 2.05) is 0 Å². The Bertz CT molecular complexity index is 314. The zero-order valence-electron chi connectivity index (χ0n) is 8.27. The third-order valence-corrected chi connectivity index (χ3v) is 2.86. The Morgan fingerprint density at radius 3 is 2.50 bits per heavy atom. The molecular weight excluding hydrogens is 180 g/mol. The number of nitrogens with zero attached hydrogens (tertiary/aromatic N) is 2. The van der Waals surface area contributed by atoms with E-state index >= 15 is 0 Å². The highest BCUT2D eigenvalue weighted by atomic mass is 16.4. The van der Waals surface area contributed by atoms with Gasteiger partial charge in [-0.1, -0.05) is 0 Å². The van der Waals surface area contributed by atoms with Crippen LogP contribution in [0.4, 0.5) is 0 Å². The molecular formula is C10H14N2O2. The van der Waals surface area contributed by atoms with Crippen LogP contribution in [0, 0.1) is 12.8 Å². The lowest BCUT2D eigenvalue weighted by Crippen LogP contribution is -2.14. The first kappa shape index (κ1) is 9.37. The molecule has 76 valence electrons. The summed E-state index contributed by atoms with van der Waals surface area (Å²) in [5.41, 5.74) is 0. The van der Waals surface area contributed by atoms with Crippen LogP contribution in [0.5, 0.6) is 0 Å². The van der Waals surface area contributed by atoms with Crippen molar-refractivity contribution in [3.05, 3.63) is 11.8 Å². The van der Waals surface area contributed by atoms with Crippen molar-refractivity contribution in [2.45, 2.75) is 38.5 Å². The van der Waals surface area contributed by atoms with Gasteiger partial charge in [-0.15, -0.1) is 10.2 Å². The lowest BCUT2D eigenvalue weighted by Gasteiger charge is -2.22. The van der Waals surface area contributed by atoms with Gasteiger partial charge in [0.05, 0.1) is 0 Å². The second-order valence-electron chi connectivity index (χ2n) is 3.91. The van der Waals surface area contributed by atoms with Gasteiger partial charge >= 0.3 is 0 Å². The van der Waals surface area contributed by atoms with Crippen LogP contribution in [-0.2, 0) is 4.79 Å². The fourth-order valence-electron chi connectivity index (χ4n) is 1.98. The summed E-state index contributed by atoms with van der Waals surface area (Å²) in [7, 11) is 0. The summed E-state index contributed by atoms with van der Waals surface area (Å²) < 4.78 is 5.38. The maximum Gasteiger partial charge on any atom is 0.219 e. The fraction of sp³-hybridized carbons (Fsp3) is 0.700. The molecule has 1 aromatic rings. The molecule has 0 saturated heterocycles. The van der Waals surface area contributed by atoms with E-state index in [9.17, 15) is 4.79 Å². The molecule has 0 radical (unpaired) electrons. The van der Waals surface area contributed by atoms with Crippen molar-refractivity contribution in [1.82, 2.24) is 10.2 Å². The third kappa shape index (κ3) is 1.84. The summed E-state index contributed by atoms with van der Waals surface area (Å²) in [6.07, 6.45) is 4.95. The number of aromatic nitrogens is 2. The van der Waals surface area contributed by atoms with Gasteiger partial charge in [0.25, 0.3) is 0 Å². The van der Waals surface area contributed by atoms with Crippen molar-refractivity contribution < 1.29 is 9.21 Å². The Hall–Kier alpha value is -1.19. The molecule has 4 nitrogen and oxygen atoms in total. The molecule has 0 bridgehead atoms. The first-order valence-corrected chi connectivity index (χ1v) is 5.05. The van der Waals surface area contributed by atoms with Gasteiger partial charge in [-0.25, -0.2) is 0 Å². The molecule has 0 atom stereocenters. The maximum atomic E-state index is 10.6. The minimum absolute atomic E-state index is 0.246. The first-order valence-electron chi connectivity index (χ1n) is 5.05. The standard InChI is InChI=1S/C10H14N2O2/c1-7-11-12-10(14-7)9-4-2-8(6-13)3-5-9/h6,8-9H,2-5H2,1H3. The van der Waals surface area contributed by atoms with Crippen LogP contribution >= 0.6 is 0 Å². The number of carbonyl (C=O) groups is 1. The van der Waals surface area contributed by atoms with Crippen LogP contribution in [0.3, 0.4) is 0 Å². The molecule has 1 heterocycles. The Morgan fingerprint density at radius 1 is 1.29 bits per heavy atom. The lowest BCUT2D eigenvalue weighted by molar-refractivity contribution is -0.112. The summed E-state index contributed by atoms with van der Waals surface area (Å²) in [5.74, 6) is 1.98. The van der Waals surface area contributed by atoms with Crippen LogP contribution in [0.25, 0.3) is 0 Å².